The summed E-state index contributed by atoms with van der Waals surface area (Å²) in [7, 11) is 0. The van der Waals surface area contributed by atoms with Crippen molar-refractivity contribution in [1.29, 1.82) is 0 Å². The number of hydrogen-bond donors (Lipinski definition) is 1. The van der Waals surface area contributed by atoms with Gasteiger partial charge < -0.3 is 15.0 Å². The number of carbonyl (C=O) groups is 1. The second-order valence-electron chi connectivity index (χ2n) is 6.44. The van der Waals surface area contributed by atoms with Gasteiger partial charge in [-0.15, -0.1) is 0 Å². The summed E-state index contributed by atoms with van der Waals surface area (Å²) >= 11 is 0. The number of nitrogens with one attached hydrogen (secondary N) is 1. The Labute approximate surface area is 115 Å². The van der Waals surface area contributed by atoms with Crippen LogP contribution in [0.3, 0.4) is 0 Å². The first kappa shape index (κ1) is 13.4. The summed E-state index contributed by atoms with van der Waals surface area (Å²) < 4.78 is 5.66. The van der Waals surface area contributed by atoms with Crippen molar-refractivity contribution in [3.8, 4) is 0 Å². The molecule has 0 aliphatic carbocycles. The Bertz CT molecular complexity index is 335. The quantitative estimate of drug-likeness (QED) is 0.842. The van der Waals surface area contributed by atoms with E-state index in [9.17, 15) is 4.79 Å². The number of rotatable bonds is 3. The molecule has 3 heterocycles. The molecule has 3 aliphatic rings. The molecular weight excluding hydrogens is 240 g/mol. The van der Waals surface area contributed by atoms with Gasteiger partial charge in [-0.25, -0.2) is 0 Å². The van der Waals surface area contributed by atoms with Crippen molar-refractivity contribution < 1.29 is 9.53 Å². The summed E-state index contributed by atoms with van der Waals surface area (Å²) in [6.45, 7) is 5.79. The Morgan fingerprint density at radius 3 is 2.47 bits per heavy atom. The lowest BCUT2D eigenvalue weighted by atomic mass is 9.96. The first-order valence-electron chi connectivity index (χ1n) is 7.87. The van der Waals surface area contributed by atoms with E-state index in [0.29, 0.717) is 24.0 Å². The highest BCUT2D eigenvalue weighted by Gasteiger charge is 2.40. The van der Waals surface area contributed by atoms with Gasteiger partial charge in [0.2, 0.25) is 0 Å². The van der Waals surface area contributed by atoms with E-state index in [4.69, 9.17) is 4.74 Å². The molecule has 4 atom stereocenters. The van der Waals surface area contributed by atoms with E-state index in [0.717, 1.165) is 32.4 Å². The van der Waals surface area contributed by atoms with Crippen molar-refractivity contribution in [3.05, 3.63) is 0 Å². The van der Waals surface area contributed by atoms with Crippen LogP contribution in [-0.4, -0.2) is 48.2 Å². The number of carbonyl (C=O) groups excluding carboxylic acids is 1. The Kier molecular flexibility index (Phi) is 3.81. The summed E-state index contributed by atoms with van der Waals surface area (Å²) in [6.07, 6.45) is 5.64. The normalized spacial score (nSPS) is 41.5. The number of ether oxygens (including phenoxy) is 1. The van der Waals surface area contributed by atoms with Gasteiger partial charge in [0, 0.05) is 31.3 Å². The number of hydrogen-bond acceptors (Lipinski definition) is 3. The molecule has 0 saturated carbocycles. The van der Waals surface area contributed by atoms with Crippen LogP contribution in [0.2, 0.25) is 0 Å². The van der Waals surface area contributed by atoms with E-state index in [-0.39, 0.29) is 12.0 Å². The zero-order chi connectivity index (χ0) is 13.4. The van der Waals surface area contributed by atoms with E-state index in [2.05, 4.69) is 24.1 Å². The fourth-order valence-corrected chi connectivity index (χ4v) is 4.05. The van der Waals surface area contributed by atoms with E-state index in [1.165, 1.54) is 12.8 Å². The summed E-state index contributed by atoms with van der Waals surface area (Å²) in [4.78, 5) is 14.8. The SMILES string of the molecule is CCN(C(=O)C1OCCC1C)C1CC2CCC(C1)N2. The lowest BCUT2D eigenvalue weighted by Crippen LogP contribution is -2.53. The molecule has 1 amide bonds. The Morgan fingerprint density at radius 1 is 1.26 bits per heavy atom. The van der Waals surface area contributed by atoms with Gasteiger partial charge in [0.15, 0.2) is 0 Å². The lowest BCUT2D eigenvalue weighted by molar-refractivity contribution is -0.145. The Hall–Kier alpha value is -0.610. The molecule has 19 heavy (non-hydrogen) atoms. The van der Waals surface area contributed by atoms with Crippen LogP contribution in [0.15, 0.2) is 0 Å². The largest absolute Gasteiger partial charge is 0.368 e. The molecule has 3 fully saturated rings. The molecule has 4 nitrogen and oxygen atoms in total. The summed E-state index contributed by atoms with van der Waals surface area (Å²) in [6, 6.07) is 1.69. The van der Waals surface area contributed by atoms with Crippen LogP contribution in [0, 0.1) is 5.92 Å². The summed E-state index contributed by atoms with van der Waals surface area (Å²) in [5.41, 5.74) is 0. The number of nitrogens with zero attached hydrogens (tertiary/aromatic N) is 1. The molecule has 3 rings (SSSR count). The van der Waals surface area contributed by atoms with Crippen molar-refractivity contribution in [1.82, 2.24) is 10.2 Å². The van der Waals surface area contributed by atoms with Crippen molar-refractivity contribution in [2.75, 3.05) is 13.2 Å². The van der Waals surface area contributed by atoms with Gasteiger partial charge in [-0.1, -0.05) is 6.92 Å². The average Bonchev–Trinajstić information content (AvgIpc) is 2.96. The minimum atomic E-state index is -0.188. The minimum Gasteiger partial charge on any atom is -0.368 e. The zero-order valence-corrected chi connectivity index (χ0v) is 12.1. The second kappa shape index (κ2) is 5.41. The number of amides is 1. The van der Waals surface area contributed by atoms with Crippen LogP contribution in [0.25, 0.3) is 0 Å². The molecule has 0 spiro atoms. The van der Waals surface area contributed by atoms with E-state index in [1.807, 2.05) is 0 Å². The molecule has 0 aromatic heterocycles. The molecule has 108 valence electrons. The number of fused-ring (bicyclic) bond motifs is 2. The van der Waals surface area contributed by atoms with Crippen molar-refractivity contribution >= 4 is 5.91 Å². The van der Waals surface area contributed by atoms with Crippen molar-refractivity contribution in [2.24, 2.45) is 5.92 Å². The van der Waals surface area contributed by atoms with Gasteiger partial charge in [-0.3, -0.25) is 4.79 Å². The van der Waals surface area contributed by atoms with Gasteiger partial charge >= 0.3 is 0 Å². The fraction of sp³-hybridized carbons (Fsp3) is 0.933. The fourth-order valence-electron chi connectivity index (χ4n) is 4.05. The zero-order valence-electron chi connectivity index (χ0n) is 12.1. The van der Waals surface area contributed by atoms with E-state index >= 15 is 0 Å². The smallest absolute Gasteiger partial charge is 0.252 e. The number of likely N-dealkylation sites (N-methyl/N-ethyl adjacent to an activating group) is 1. The maximum atomic E-state index is 12.7. The first-order valence-corrected chi connectivity index (χ1v) is 7.87. The molecule has 0 aromatic rings. The number of piperidine rings is 1. The minimum absolute atomic E-state index is 0.188. The van der Waals surface area contributed by atoms with Gasteiger partial charge in [-0.2, -0.15) is 0 Å². The molecule has 4 unspecified atom stereocenters. The third kappa shape index (κ3) is 2.52. The van der Waals surface area contributed by atoms with Crippen molar-refractivity contribution in [3.63, 3.8) is 0 Å². The first-order chi connectivity index (χ1) is 9.19. The Balaban J connectivity index is 1.68. The van der Waals surface area contributed by atoms with Crippen LogP contribution >= 0.6 is 0 Å². The molecule has 1 N–H and O–H groups in total. The van der Waals surface area contributed by atoms with Gasteiger partial charge in [0.1, 0.15) is 6.10 Å². The molecule has 3 saturated heterocycles. The topological polar surface area (TPSA) is 41.6 Å². The van der Waals surface area contributed by atoms with Gasteiger partial charge in [0.25, 0.3) is 5.91 Å². The second-order valence-corrected chi connectivity index (χ2v) is 6.44. The predicted octanol–water partition coefficient (Wildman–Crippen LogP) is 1.54. The summed E-state index contributed by atoms with van der Waals surface area (Å²) in [5, 5.41) is 3.65. The molecule has 4 heteroatoms. The molecule has 0 aromatic carbocycles. The monoisotopic (exact) mass is 266 g/mol. The highest BCUT2D eigenvalue weighted by Crippen LogP contribution is 2.31. The summed E-state index contributed by atoms with van der Waals surface area (Å²) in [5.74, 6) is 0.610. The Morgan fingerprint density at radius 2 is 1.95 bits per heavy atom. The lowest BCUT2D eigenvalue weighted by Gasteiger charge is -2.38. The van der Waals surface area contributed by atoms with Crippen LogP contribution in [0.1, 0.15) is 46.0 Å². The van der Waals surface area contributed by atoms with Crippen molar-refractivity contribution in [2.45, 2.75) is 70.2 Å². The standard InChI is InChI=1S/C15H26N2O2/c1-3-17(15(18)14-10(2)6-7-19-14)13-8-11-4-5-12(9-13)16-11/h10-14,16H,3-9H2,1-2H3. The molecule has 0 radical (unpaired) electrons. The van der Waals surface area contributed by atoms with Gasteiger partial charge in [0.05, 0.1) is 0 Å². The highest BCUT2D eigenvalue weighted by atomic mass is 16.5. The van der Waals surface area contributed by atoms with Crippen LogP contribution < -0.4 is 5.32 Å². The van der Waals surface area contributed by atoms with Crippen LogP contribution in [0.4, 0.5) is 0 Å². The molecule has 3 aliphatic heterocycles. The maximum absolute atomic E-state index is 12.7. The van der Waals surface area contributed by atoms with Gasteiger partial charge in [-0.05, 0) is 44.9 Å². The third-order valence-corrected chi connectivity index (χ3v) is 5.14. The third-order valence-electron chi connectivity index (χ3n) is 5.14. The van der Waals surface area contributed by atoms with E-state index in [1.54, 1.807) is 0 Å². The average molecular weight is 266 g/mol. The predicted molar refractivity (Wildman–Crippen MR) is 73.9 cm³/mol. The maximum Gasteiger partial charge on any atom is 0.252 e. The molecular formula is C15H26N2O2. The van der Waals surface area contributed by atoms with Crippen LogP contribution in [-0.2, 0) is 9.53 Å². The van der Waals surface area contributed by atoms with E-state index < -0.39 is 0 Å². The highest BCUT2D eigenvalue weighted by molar-refractivity contribution is 5.81. The molecule has 2 bridgehead atoms. The van der Waals surface area contributed by atoms with Crippen LogP contribution in [0.5, 0.6) is 0 Å².